The highest BCUT2D eigenvalue weighted by molar-refractivity contribution is 5.94. The van der Waals surface area contributed by atoms with Gasteiger partial charge in [0.25, 0.3) is 5.91 Å². The molecule has 1 fully saturated rings. The summed E-state index contributed by atoms with van der Waals surface area (Å²) in [7, 11) is 1.67. The molecule has 1 saturated heterocycles. The predicted octanol–water partition coefficient (Wildman–Crippen LogP) is 3.47. The van der Waals surface area contributed by atoms with Crippen molar-refractivity contribution in [1.29, 1.82) is 0 Å². The molecule has 0 aromatic heterocycles. The maximum absolute atomic E-state index is 12.4. The monoisotopic (exact) mass is 331 g/mol. The first-order valence-electron chi connectivity index (χ1n) is 7.53. The summed E-state index contributed by atoms with van der Waals surface area (Å²) in [5.41, 5.74) is 0.370. The van der Waals surface area contributed by atoms with Crippen LogP contribution in [0.3, 0.4) is 0 Å². The van der Waals surface area contributed by atoms with Crippen molar-refractivity contribution in [2.45, 2.75) is 25.6 Å². The van der Waals surface area contributed by atoms with Crippen LogP contribution in [0.25, 0.3) is 0 Å². The number of hydrogen-bond donors (Lipinski definition) is 0. The number of benzene rings is 1. The molecule has 0 saturated carbocycles. The van der Waals surface area contributed by atoms with Crippen molar-refractivity contribution in [2.24, 2.45) is 5.92 Å². The van der Waals surface area contributed by atoms with Gasteiger partial charge in [0.2, 0.25) is 0 Å². The Kier molecular flexibility index (Phi) is 5.87. The van der Waals surface area contributed by atoms with Gasteiger partial charge in [0, 0.05) is 32.4 Å². The second-order valence-electron chi connectivity index (χ2n) is 5.59. The third-order valence-corrected chi connectivity index (χ3v) is 3.97. The number of carbonyl (C=O) groups is 1. The zero-order valence-corrected chi connectivity index (χ0v) is 12.9. The molecule has 4 nitrogen and oxygen atoms in total. The summed E-state index contributed by atoms with van der Waals surface area (Å²) in [5, 5.41) is 0. The molecule has 0 bridgehead atoms. The summed E-state index contributed by atoms with van der Waals surface area (Å²) in [4.78, 5) is 14.1. The minimum absolute atomic E-state index is 0.159. The molecule has 128 valence electrons. The van der Waals surface area contributed by atoms with E-state index in [4.69, 9.17) is 4.74 Å². The van der Waals surface area contributed by atoms with Crippen LogP contribution >= 0.6 is 0 Å². The summed E-state index contributed by atoms with van der Waals surface area (Å²) in [6.45, 7) is 2.04. The molecule has 0 atom stereocenters. The van der Waals surface area contributed by atoms with E-state index in [9.17, 15) is 18.0 Å². The largest absolute Gasteiger partial charge is 0.573 e. The Bertz CT molecular complexity index is 508. The summed E-state index contributed by atoms with van der Waals surface area (Å²) < 4.78 is 45.2. The number of hydrogen-bond acceptors (Lipinski definition) is 3. The standard InChI is InChI=1S/C16H20F3NO3/c1-22-11-8-12-6-9-20(10-7-12)15(21)13-2-4-14(5-3-13)23-16(17,18)19/h2-5,12H,6-11H2,1H3. The van der Waals surface area contributed by atoms with Gasteiger partial charge in [-0.05, 0) is 49.4 Å². The van der Waals surface area contributed by atoms with E-state index in [1.165, 1.54) is 12.1 Å². The SMILES string of the molecule is COCCC1CCN(C(=O)c2ccc(OC(F)(F)F)cc2)CC1. The van der Waals surface area contributed by atoms with Crippen LogP contribution in [0.1, 0.15) is 29.6 Å². The molecule has 1 aliphatic rings. The van der Waals surface area contributed by atoms with E-state index in [2.05, 4.69) is 4.74 Å². The number of nitrogens with zero attached hydrogens (tertiary/aromatic N) is 1. The maximum atomic E-state index is 12.4. The van der Waals surface area contributed by atoms with Gasteiger partial charge in [0.15, 0.2) is 0 Å². The van der Waals surface area contributed by atoms with Crippen molar-refractivity contribution in [3.8, 4) is 5.75 Å². The van der Waals surface area contributed by atoms with E-state index < -0.39 is 6.36 Å². The lowest BCUT2D eigenvalue weighted by Gasteiger charge is -2.32. The Balaban J connectivity index is 1.89. The van der Waals surface area contributed by atoms with E-state index in [0.29, 0.717) is 24.6 Å². The van der Waals surface area contributed by atoms with Crippen molar-refractivity contribution in [3.63, 3.8) is 0 Å². The molecule has 1 heterocycles. The Morgan fingerprint density at radius 1 is 1.22 bits per heavy atom. The highest BCUT2D eigenvalue weighted by Gasteiger charge is 2.31. The molecule has 0 spiro atoms. The molecule has 1 amide bonds. The average molecular weight is 331 g/mol. The maximum Gasteiger partial charge on any atom is 0.573 e. The Labute approximate surface area is 133 Å². The first-order chi connectivity index (χ1) is 10.9. The molecule has 7 heteroatoms. The fraction of sp³-hybridized carbons (Fsp3) is 0.562. The molecule has 0 N–H and O–H groups in total. The number of amides is 1. The number of likely N-dealkylation sites (tertiary alicyclic amines) is 1. The van der Waals surface area contributed by atoms with Crippen LogP contribution in [-0.2, 0) is 4.74 Å². The molecule has 0 aliphatic carbocycles. The zero-order chi connectivity index (χ0) is 16.9. The van der Waals surface area contributed by atoms with E-state index >= 15 is 0 Å². The first-order valence-corrected chi connectivity index (χ1v) is 7.53. The number of carbonyl (C=O) groups excluding carboxylic acids is 1. The highest BCUT2D eigenvalue weighted by Crippen LogP contribution is 2.25. The van der Waals surface area contributed by atoms with Crippen molar-refractivity contribution in [3.05, 3.63) is 29.8 Å². The van der Waals surface area contributed by atoms with Crippen LogP contribution in [-0.4, -0.2) is 44.0 Å². The van der Waals surface area contributed by atoms with Crippen LogP contribution in [0, 0.1) is 5.92 Å². The van der Waals surface area contributed by atoms with E-state index in [0.717, 1.165) is 38.0 Å². The van der Waals surface area contributed by atoms with E-state index in [-0.39, 0.29) is 11.7 Å². The Morgan fingerprint density at radius 3 is 2.35 bits per heavy atom. The van der Waals surface area contributed by atoms with Crippen LogP contribution in [0.15, 0.2) is 24.3 Å². The lowest BCUT2D eigenvalue weighted by Crippen LogP contribution is -2.38. The van der Waals surface area contributed by atoms with Gasteiger partial charge in [-0.15, -0.1) is 13.2 Å². The normalized spacial score (nSPS) is 16.4. The first kappa shape index (κ1) is 17.6. The molecule has 0 unspecified atom stereocenters. The topological polar surface area (TPSA) is 38.8 Å². The van der Waals surface area contributed by atoms with Gasteiger partial charge in [-0.1, -0.05) is 0 Å². The van der Waals surface area contributed by atoms with Gasteiger partial charge in [-0.3, -0.25) is 4.79 Å². The average Bonchev–Trinajstić information content (AvgIpc) is 2.52. The molecule has 1 aliphatic heterocycles. The number of rotatable bonds is 5. The summed E-state index contributed by atoms with van der Waals surface area (Å²) >= 11 is 0. The lowest BCUT2D eigenvalue weighted by molar-refractivity contribution is -0.274. The fourth-order valence-corrected chi connectivity index (χ4v) is 2.69. The fourth-order valence-electron chi connectivity index (χ4n) is 2.69. The highest BCUT2D eigenvalue weighted by atomic mass is 19.4. The summed E-state index contributed by atoms with van der Waals surface area (Å²) in [6.07, 6.45) is -1.90. The van der Waals surface area contributed by atoms with Gasteiger partial charge < -0.3 is 14.4 Å². The van der Waals surface area contributed by atoms with Crippen LogP contribution in [0.5, 0.6) is 5.75 Å². The molecule has 2 rings (SSSR count). The number of piperidine rings is 1. The molecule has 1 aromatic rings. The molecule has 1 aromatic carbocycles. The van der Waals surface area contributed by atoms with E-state index in [1.807, 2.05) is 0 Å². The lowest BCUT2D eigenvalue weighted by atomic mass is 9.93. The number of ether oxygens (including phenoxy) is 2. The molecular formula is C16H20F3NO3. The number of methoxy groups -OCH3 is 1. The summed E-state index contributed by atoms with van der Waals surface area (Å²) in [5.74, 6) is 0.0719. The zero-order valence-electron chi connectivity index (χ0n) is 12.9. The third kappa shape index (κ3) is 5.42. The Morgan fingerprint density at radius 2 is 1.83 bits per heavy atom. The van der Waals surface area contributed by atoms with Crippen LogP contribution in [0.4, 0.5) is 13.2 Å². The van der Waals surface area contributed by atoms with Crippen LogP contribution in [0.2, 0.25) is 0 Å². The minimum atomic E-state index is -4.73. The van der Waals surface area contributed by atoms with Crippen molar-refractivity contribution in [2.75, 3.05) is 26.8 Å². The van der Waals surface area contributed by atoms with Crippen LogP contribution < -0.4 is 4.74 Å². The van der Waals surface area contributed by atoms with Crippen molar-refractivity contribution in [1.82, 2.24) is 4.90 Å². The van der Waals surface area contributed by atoms with Crippen molar-refractivity contribution < 1.29 is 27.4 Å². The number of halogens is 3. The molecular weight excluding hydrogens is 311 g/mol. The van der Waals surface area contributed by atoms with Gasteiger partial charge >= 0.3 is 6.36 Å². The number of alkyl halides is 3. The predicted molar refractivity (Wildman–Crippen MR) is 78.2 cm³/mol. The molecule has 0 radical (unpaired) electrons. The van der Waals surface area contributed by atoms with Gasteiger partial charge in [0.1, 0.15) is 5.75 Å². The van der Waals surface area contributed by atoms with Crippen molar-refractivity contribution >= 4 is 5.91 Å². The minimum Gasteiger partial charge on any atom is -0.406 e. The second-order valence-corrected chi connectivity index (χ2v) is 5.59. The van der Waals surface area contributed by atoms with Gasteiger partial charge in [-0.2, -0.15) is 0 Å². The summed E-state index contributed by atoms with van der Waals surface area (Å²) in [6, 6.07) is 5.04. The third-order valence-electron chi connectivity index (χ3n) is 3.97. The quantitative estimate of drug-likeness (QED) is 0.829. The van der Waals surface area contributed by atoms with E-state index in [1.54, 1.807) is 12.0 Å². The molecule has 23 heavy (non-hydrogen) atoms. The second kappa shape index (κ2) is 7.68. The smallest absolute Gasteiger partial charge is 0.406 e. The Hall–Kier alpha value is -1.76. The van der Waals surface area contributed by atoms with Gasteiger partial charge in [0.05, 0.1) is 0 Å². The van der Waals surface area contributed by atoms with Gasteiger partial charge in [-0.25, -0.2) is 0 Å².